The lowest BCUT2D eigenvalue weighted by Gasteiger charge is -2.13. The van der Waals surface area contributed by atoms with Crippen LogP contribution < -0.4 is 16.4 Å². The van der Waals surface area contributed by atoms with E-state index in [1.54, 1.807) is 18.2 Å². The van der Waals surface area contributed by atoms with E-state index in [0.29, 0.717) is 33.1 Å². The van der Waals surface area contributed by atoms with Crippen molar-refractivity contribution >= 4 is 46.2 Å². The number of hydrogen-bond acceptors (Lipinski definition) is 5. The number of benzene rings is 1. The first-order valence-electron chi connectivity index (χ1n) is 6.18. The largest absolute Gasteiger partial charge is 0.393 e. The molecule has 7 heteroatoms. The highest BCUT2D eigenvalue weighted by atomic mass is 35.5. The van der Waals surface area contributed by atoms with Crippen molar-refractivity contribution in [3.63, 3.8) is 0 Å². The average molecular weight is 312 g/mol. The van der Waals surface area contributed by atoms with Crippen LogP contribution in [0.3, 0.4) is 0 Å². The van der Waals surface area contributed by atoms with Crippen molar-refractivity contribution in [1.82, 2.24) is 9.97 Å². The maximum absolute atomic E-state index is 6.10. The van der Waals surface area contributed by atoms with E-state index in [2.05, 4.69) is 27.5 Å². The van der Waals surface area contributed by atoms with Crippen LogP contribution >= 0.6 is 23.2 Å². The van der Waals surface area contributed by atoms with Crippen LogP contribution in [-0.4, -0.2) is 16.5 Å². The number of nitrogen functional groups attached to an aromatic ring is 1. The molecular formula is C13H15Cl2N5. The zero-order chi connectivity index (χ0) is 14.5. The maximum Gasteiger partial charge on any atom is 0.159 e. The van der Waals surface area contributed by atoms with Crippen LogP contribution in [0.5, 0.6) is 0 Å². The Bertz CT molecular complexity index is 603. The van der Waals surface area contributed by atoms with Crippen LogP contribution in [0.25, 0.3) is 0 Å². The summed E-state index contributed by atoms with van der Waals surface area (Å²) in [5.41, 5.74) is 7.12. The first-order chi connectivity index (χ1) is 9.61. The summed E-state index contributed by atoms with van der Waals surface area (Å²) >= 11 is 12.0. The Morgan fingerprint density at radius 3 is 2.70 bits per heavy atom. The van der Waals surface area contributed by atoms with Gasteiger partial charge in [-0.25, -0.2) is 9.97 Å². The van der Waals surface area contributed by atoms with Gasteiger partial charge in [-0.05, 0) is 24.6 Å². The molecule has 0 atom stereocenters. The first-order valence-corrected chi connectivity index (χ1v) is 6.93. The SMILES string of the molecule is CCCNc1ncnc(Nc2cc(Cl)ccc2Cl)c1N. The molecule has 0 aliphatic heterocycles. The highest BCUT2D eigenvalue weighted by Gasteiger charge is 2.09. The Morgan fingerprint density at radius 1 is 1.20 bits per heavy atom. The molecule has 5 nitrogen and oxygen atoms in total. The number of anilines is 4. The normalized spacial score (nSPS) is 10.3. The third-order valence-corrected chi connectivity index (χ3v) is 3.17. The highest BCUT2D eigenvalue weighted by Crippen LogP contribution is 2.31. The van der Waals surface area contributed by atoms with Gasteiger partial charge >= 0.3 is 0 Å². The molecule has 2 rings (SSSR count). The summed E-state index contributed by atoms with van der Waals surface area (Å²) in [6.07, 6.45) is 2.42. The monoisotopic (exact) mass is 311 g/mol. The molecule has 4 N–H and O–H groups in total. The molecule has 0 saturated carbocycles. The van der Waals surface area contributed by atoms with Gasteiger partial charge < -0.3 is 16.4 Å². The molecule has 0 spiro atoms. The van der Waals surface area contributed by atoms with E-state index >= 15 is 0 Å². The summed E-state index contributed by atoms with van der Waals surface area (Å²) in [4.78, 5) is 8.24. The molecule has 0 bridgehead atoms. The average Bonchev–Trinajstić information content (AvgIpc) is 2.44. The standard InChI is InChI=1S/C13H15Cl2N5/c1-2-5-17-12-11(16)13(19-7-18-12)20-10-6-8(14)3-4-9(10)15/h3-4,6-7H,2,5,16H2,1H3,(H2,17,18,19,20). The molecule has 0 radical (unpaired) electrons. The van der Waals surface area contributed by atoms with Crippen molar-refractivity contribution in [2.75, 3.05) is 22.9 Å². The predicted molar refractivity (Wildman–Crippen MR) is 85.0 cm³/mol. The van der Waals surface area contributed by atoms with Crippen molar-refractivity contribution in [3.8, 4) is 0 Å². The molecular weight excluding hydrogens is 297 g/mol. The number of aromatic nitrogens is 2. The number of nitrogens with zero attached hydrogens (tertiary/aromatic N) is 2. The second-order valence-corrected chi connectivity index (χ2v) is 5.00. The summed E-state index contributed by atoms with van der Waals surface area (Å²) in [7, 11) is 0. The second kappa shape index (κ2) is 6.63. The molecule has 0 amide bonds. The molecule has 0 aliphatic carbocycles. The predicted octanol–water partition coefficient (Wildman–Crippen LogP) is 3.93. The van der Waals surface area contributed by atoms with Crippen LogP contribution in [0.15, 0.2) is 24.5 Å². The molecule has 0 aliphatic rings. The van der Waals surface area contributed by atoms with E-state index in [1.807, 2.05) is 0 Å². The zero-order valence-electron chi connectivity index (χ0n) is 11.0. The summed E-state index contributed by atoms with van der Waals surface area (Å²) in [6.45, 7) is 2.86. The van der Waals surface area contributed by atoms with Gasteiger partial charge in [0.15, 0.2) is 11.6 Å². The molecule has 20 heavy (non-hydrogen) atoms. The van der Waals surface area contributed by atoms with Gasteiger partial charge in [-0.1, -0.05) is 30.1 Å². The summed E-state index contributed by atoms with van der Waals surface area (Å²) in [6, 6.07) is 5.14. The van der Waals surface area contributed by atoms with Crippen molar-refractivity contribution in [1.29, 1.82) is 0 Å². The van der Waals surface area contributed by atoms with Crippen LogP contribution in [0.2, 0.25) is 10.0 Å². The van der Waals surface area contributed by atoms with E-state index in [4.69, 9.17) is 28.9 Å². The lowest BCUT2D eigenvalue weighted by Crippen LogP contribution is -2.08. The fourth-order valence-electron chi connectivity index (χ4n) is 1.60. The number of halogens is 2. The lowest BCUT2D eigenvalue weighted by atomic mass is 10.3. The number of hydrogen-bond donors (Lipinski definition) is 3. The Labute approximate surface area is 127 Å². The first kappa shape index (κ1) is 14.7. The molecule has 106 valence electrons. The number of nitrogens with two attached hydrogens (primary N) is 1. The molecule has 0 unspecified atom stereocenters. The molecule has 0 saturated heterocycles. The Hall–Kier alpha value is -1.72. The van der Waals surface area contributed by atoms with Gasteiger partial charge in [-0.15, -0.1) is 0 Å². The van der Waals surface area contributed by atoms with Crippen molar-refractivity contribution in [3.05, 3.63) is 34.6 Å². The minimum Gasteiger partial charge on any atom is -0.393 e. The van der Waals surface area contributed by atoms with E-state index < -0.39 is 0 Å². The van der Waals surface area contributed by atoms with E-state index in [1.165, 1.54) is 6.33 Å². The molecule has 1 heterocycles. The fraction of sp³-hybridized carbons (Fsp3) is 0.231. The topological polar surface area (TPSA) is 75.9 Å². The zero-order valence-corrected chi connectivity index (χ0v) is 12.5. The quantitative estimate of drug-likeness (QED) is 0.780. The second-order valence-electron chi connectivity index (χ2n) is 4.16. The van der Waals surface area contributed by atoms with Gasteiger partial charge in [-0.3, -0.25) is 0 Å². The molecule has 0 fully saturated rings. The number of rotatable bonds is 5. The Kier molecular flexibility index (Phi) is 4.87. The minimum absolute atomic E-state index is 0.442. The smallest absolute Gasteiger partial charge is 0.159 e. The lowest BCUT2D eigenvalue weighted by molar-refractivity contribution is 0.966. The highest BCUT2D eigenvalue weighted by molar-refractivity contribution is 6.35. The maximum atomic E-state index is 6.10. The van der Waals surface area contributed by atoms with Crippen molar-refractivity contribution < 1.29 is 0 Å². The Balaban J connectivity index is 2.27. The van der Waals surface area contributed by atoms with Crippen LogP contribution in [0, 0.1) is 0 Å². The van der Waals surface area contributed by atoms with Crippen LogP contribution in [0.1, 0.15) is 13.3 Å². The van der Waals surface area contributed by atoms with Crippen molar-refractivity contribution in [2.45, 2.75) is 13.3 Å². The van der Waals surface area contributed by atoms with Gasteiger partial charge in [0, 0.05) is 11.6 Å². The van der Waals surface area contributed by atoms with Gasteiger partial charge in [-0.2, -0.15) is 0 Å². The van der Waals surface area contributed by atoms with E-state index in [9.17, 15) is 0 Å². The molecule has 1 aromatic carbocycles. The van der Waals surface area contributed by atoms with Gasteiger partial charge in [0.05, 0.1) is 10.7 Å². The summed E-state index contributed by atoms with van der Waals surface area (Å²) in [5.74, 6) is 1.09. The fourth-order valence-corrected chi connectivity index (χ4v) is 1.94. The molecule has 1 aromatic heterocycles. The van der Waals surface area contributed by atoms with E-state index in [0.717, 1.165) is 13.0 Å². The van der Waals surface area contributed by atoms with Gasteiger partial charge in [0.25, 0.3) is 0 Å². The summed E-state index contributed by atoms with van der Waals surface area (Å²) < 4.78 is 0. The number of nitrogens with one attached hydrogen (secondary N) is 2. The van der Waals surface area contributed by atoms with Gasteiger partial charge in [0.1, 0.15) is 12.0 Å². The third-order valence-electron chi connectivity index (χ3n) is 2.61. The minimum atomic E-state index is 0.442. The third kappa shape index (κ3) is 3.43. The van der Waals surface area contributed by atoms with Gasteiger partial charge in [0.2, 0.25) is 0 Å². The van der Waals surface area contributed by atoms with E-state index in [-0.39, 0.29) is 0 Å². The van der Waals surface area contributed by atoms with Crippen LogP contribution in [-0.2, 0) is 0 Å². The summed E-state index contributed by atoms with van der Waals surface area (Å²) in [5, 5.41) is 7.32. The Morgan fingerprint density at radius 2 is 1.95 bits per heavy atom. The van der Waals surface area contributed by atoms with Crippen molar-refractivity contribution in [2.24, 2.45) is 0 Å². The molecule has 2 aromatic rings. The van der Waals surface area contributed by atoms with Crippen LogP contribution in [0.4, 0.5) is 23.0 Å².